The third kappa shape index (κ3) is 3.47. The summed E-state index contributed by atoms with van der Waals surface area (Å²) in [5.41, 5.74) is 0. The van der Waals surface area contributed by atoms with E-state index in [1.807, 2.05) is 22.4 Å². The van der Waals surface area contributed by atoms with Gasteiger partial charge in [-0.1, -0.05) is 37.9 Å². The summed E-state index contributed by atoms with van der Waals surface area (Å²) in [6.07, 6.45) is 4.08. The summed E-state index contributed by atoms with van der Waals surface area (Å²) in [7, 11) is 0. The molecule has 0 aliphatic carbocycles. The van der Waals surface area contributed by atoms with E-state index < -0.39 is 0 Å². The fraction of sp³-hybridized carbons (Fsp3) is 0.588. The molecule has 1 amide bonds. The molecule has 5 nitrogen and oxygen atoms in total. The standard InChI is InChI=1S/C17H23N3O2S/c1-3-6-12(7-4-2)17(21)20-10-13(11-20)16-18-15(19-22-16)14-8-5-9-23-14/h5,8-9,12-13H,3-4,6-7,10-11H2,1-2H3. The number of amides is 1. The van der Waals surface area contributed by atoms with Crippen molar-refractivity contribution in [2.45, 2.75) is 45.4 Å². The molecule has 0 spiro atoms. The number of carbonyl (C=O) groups excluding carboxylic acids is 1. The predicted octanol–water partition coefficient (Wildman–Crippen LogP) is 3.94. The molecule has 0 saturated carbocycles. The number of aromatic nitrogens is 2. The second-order valence-corrected chi connectivity index (χ2v) is 7.10. The maximum atomic E-state index is 12.5. The SMILES string of the molecule is CCCC(CCC)C(=O)N1CC(c2nc(-c3cccs3)no2)C1. The molecule has 0 aromatic carbocycles. The van der Waals surface area contributed by atoms with Gasteiger partial charge in [-0.3, -0.25) is 4.79 Å². The Morgan fingerprint density at radius 3 is 2.74 bits per heavy atom. The van der Waals surface area contributed by atoms with Gasteiger partial charge in [0, 0.05) is 19.0 Å². The second kappa shape index (κ2) is 7.25. The van der Waals surface area contributed by atoms with Crippen molar-refractivity contribution in [3.63, 3.8) is 0 Å². The number of thiophene rings is 1. The number of carbonyl (C=O) groups is 1. The van der Waals surface area contributed by atoms with Crippen LogP contribution in [0.25, 0.3) is 10.7 Å². The molecular weight excluding hydrogens is 310 g/mol. The molecule has 0 atom stereocenters. The van der Waals surface area contributed by atoms with Crippen LogP contribution in [0.4, 0.5) is 0 Å². The van der Waals surface area contributed by atoms with Crippen molar-refractivity contribution in [2.75, 3.05) is 13.1 Å². The highest BCUT2D eigenvalue weighted by Gasteiger charge is 2.37. The lowest BCUT2D eigenvalue weighted by molar-refractivity contribution is -0.141. The fourth-order valence-corrected chi connectivity index (χ4v) is 3.72. The first-order valence-corrected chi connectivity index (χ1v) is 9.27. The lowest BCUT2D eigenvalue weighted by atomic mass is 9.92. The van der Waals surface area contributed by atoms with Gasteiger partial charge in [-0.05, 0) is 24.3 Å². The smallest absolute Gasteiger partial charge is 0.233 e. The van der Waals surface area contributed by atoms with E-state index in [9.17, 15) is 4.79 Å². The molecule has 2 aromatic rings. The summed E-state index contributed by atoms with van der Waals surface area (Å²) >= 11 is 1.60. The Morgan fingerprint density at radius 1 is 1.39 bits per heavy atom. The van der Waals surface area contributed by atoms with Crippen molar-refractivity contribution in [3.8, 4) is 10.7 Å². The van der Waals surface area contributed by atoms with Crippen LogP contribution in [0.15, 0.2) is 22.0 Å². The van der Waals surface area contributed by atoms with Crippen molar-refractivity contribution in [3.05, 3.63) is 23.4 Å². The molecule has 2 aromatic heterocycles. The lowest BCUT2D eigenvalue weighted by Crippen LogP contribution is -2.50. The average molecular weight is 333 g/mol. The molecule has 6 heteroatoms. The molecule has 1 aliphatic heterocycles. The number of likely N-dealkylation sites (tertiary alicyclic amines) is 1. The fourth-order valence-electron chi connectivity index (χ4n) is 3.07. The van der Waals surface area contributed by atoms with Crippen molar-refractivity contribution < 1.29 is 9.32 Å². The predicted molar refractivity (Wildman–Crippen MR) is 90.2 cm³/mol. The van der Waals surface area contributed by atoms with Crippen LogP contribution in [0.5, 0.6) is 0 Å². The molecule has 124 valence electrons. The highest BCUT2D eigenvalue weighted by Crippen LogP contribution is 2.31. The van der Waals surface area contributed by atoms with Crippen LogP contribution in [-0.4, -0.2) is 34.0 Å². The average Bonchev–Trinajstić information content (AvgIpc) is 3.16. The Balaban J connectivity index is 1.57. The minimum atomic E-state index is 0.176. The third-order valence-corrected chi connectivity index (χ3v) is 5.22. The van der Waals surface area contributed by atoms with E-state index >= 15 is 0 Å². The van der Waals surface area contributed by atoms with E-state index in [0.29, 0.717) is 30.7 Å². The minimum absolute atomic E-state index is 0.176. The molecule has 0 radical (unpaired) electrons. The summed E-state index contributed by atoms with van der Waals surface area (Å²) in [5.74, 6) is 1.96. The second-order valence-electron chi connectivity index (χ2n) is 6.15. The van der Waals surface area contributed by atoms with Crippen molar-refractivity contribution >= 4 is 17.2 Å². The molecule has 0 N–H and O–H groups in total. The number of hydrogen-bond donors (Lipinski definition) is 0. The molecule has 1 aliphatic rings. The summed E-state index contributed by atoms with van der Waals surface area (Å²) in [5, 5.41) is 6.04. The van der Waals surface area contributed by atoms with Crippen molar-refractivity contribution in [1.29, 1.82) is 0 Å². The summed E-state index contributed by atoms with van der Waals surface area (Å²) in [6.45, 7) is 5.68. The molecule has 0 unspecified atom stereocenters. The van der Waals surface area contributed by atoms with E-state index in [1.54, 1.807) is 11.3 Å². The van der Waals surface area contributed by atoms with Gasteiger partial charge in [-0.15, -0.1) is 11.3 Å². The maximum absolute atomic E-state index is 12.5. The van der Waals surface area contributed by atoms with Crippen molar-refractivity contribution in [1.82, 2.24) is 15.0 Å². The van der Waals surface area contributed by atoms with Crippen molar-refractivity contribution in [2.24, 2.45) is 5.92 Å². The van der Waals surface area contributed by atoms with Crippen LogP contribution in [0.3, 0.4) is 0 Å². The summed E-state index contributed by atoms with van der Waals surface area (Å²) in [6, 6.07) is 3.96. The highest BCUT2D eigenvalue weighted by atomic mass is 32.1. The van der Waals surface area contributed by atoms with E-state index in [4.69, 9.17) is 4.52 Å². The zero-order valence-corrected chi connectivity index (χ0v) is 14.5. The molecule has 23 heavy (non-hydrogen) atoms. The van der Waals surface area contributed by atoms with Gasteiger partial charge in [-0.2, -0.15) is 4.98 Å². The topological polar surface area (TPSA) is 59.2 Å². The van der Waals surface area contributed by atoms with Crippen LogP contribution < -0.4 is 0 Å². The van der Waals surface area contributed by atoms with Gasteiger partial charge < -0.3 is 9.42 Å². The van der Waals surface area contributed by atoms with E-state index in [0.717, 1.165) is 30.6 Å². The number of hydrogen-bond acceptors (Lipinski definition) is 5. The van der Waals surface area contributed by atoms with Crippen LogP contribution >= 0.6 is 11.3 Å². The monoisotopic (exact) mass is 333 g/mol. The minimum Gasteiger partial charge on any atom is -0.341 e. The first-order valence-electron chi connectivity index (χ1n) is 8.39. The quantitative estimate of drug-likeness (QED) is 0.770. The molecule has 0 bridgehead atoms. The van der Waals surface area contributed by atoms with Gasteiger partial charge in [0.2, 0.25) is 17.6 Å². The van der Waals surface area contributed by atoms with E-state index in [1.165, 1.54) is 0 Å². The Kier molecular flexibility index (Phi) is 5.10. The van der Waals surface area contributed by atoms with Gasteiger partial charge >= 0.3 is 0 Å². The van der Waals surface area contributed by atoms with E-state index in [2.05, 4.69) is 24.0 Å². The number of rotatable bonds is 7. The van der Waals surface area contributed by atoms with Crippen LogP contribution in [0.1, 0.15) is 51.3 Å². The molecule has 3 rings (SSSR count). The lowest BCUT2D eigenvalue weighted by Gasteiger charge is -2.39. The number of nitrogens with zero attached hydrogens (tertiary/aromatic N) is 3. The molecule has 1 saturated heterocycles. The Bertz CT molecular complexity index is 626. The van der Waals surface area contributed by atoms with Gasteiger partial charge in [-0.25, -0.2) is 0 Å². The molecular formula is C17H23N3O2S. The maximum Gasteiger partial charge on any atom is 0.233 e. The zero-order valence-electron chi connectivity index (χ0n) is 13.7. The van der Waals surface area contributed by atoms with Crippen LogP contribution in [0.2, 0.25) is 0 Å². The van der Waals surface area contributed by atoms with E-state index in [-0.39, 0.29) is 11.8 Å². The normalized spacial score (nSPS) is 15.2. The Hall–Kier alpha value is -1.69. The third-order valence-electron chi connectivity index (χ3n) is 4.35. The largest absolute Gasteiger partial charge is 0.341 e. The zero-order chi connectivity index (χ0) is 16.2. The highest BCUT2D eigenvalue weighted by molar-refractivity contribution is 7.13. The van der Waals surface area contributed by atoms with Crippen LogP contribution in [-0.2, 0) is 4.79 Å². The van der Waals surface area contributed by atoms with Gasteiger partial charge in [0.15, 0.2) is 0 Å². The summed E-state index contributed by atoms with van der Waals surface area (Å²) < 4.78 is 5.38. The van der Waals surface area contributed by atoms with Gasteiger partial charge in [0.1, 0.15) is 0 Å². The molecule has 1 fully saturated rings. The first-order chi connectivity index (χ1) is 11.2. The Labute approximate surface area is 140 Å². The first kappa shape index (κ1) is 16.2. The Morgan fingerprint density at radius 2 is 2.13 bits per heavy atom. The summed E-state index contributed by atoms with van der Waals surface area (Å²) in [4.78, 5) is 20.0. The van der Waals surface area contributed by atoms with Gasteiger partial charge in [0.05, 0.1) is 10.8 Å². The van der Waals surface area contributed by atoms with Crippen LogP contribution in [0, 0.1) is 5.92 Å². The molecule has 3 heterocycles. The van der Waals surface area contributed by atoms with Gasteiger partial charge in [0.25, 0.3) is 0 Å².